The zero-order chi connectivity index (χ0) is 13.7. The van der Waals surface area contributed by atoms with Crippen LogP contribution in [0.5, 0.6) is 0 Å². The molecule has 2 N–H and O–H groups in total. The molecule has 4 nitrogen and oxygen atoms in total. The third kappa shape index (κ3) is 3.90. The number of nitrogens with one attached hydrogen (secondary N) is 1. The van der Waals surface area contributed by atoms with Crippen LogP contribution in [0.3, 0.4) is 0 Å². The van der Waals surface area contributed by atoms with Crippen LogP contribution < -0.4 is 5.32 Å². The van der Waals surface area contributed by atoms with Crippen LogP contribution in [0.2, 0.25) is 5.02 Å². The number of rotatable bonds is 6. The molecule has 1 aromatic heterocycles. The lowest BCUT2D eigenvalue weighted by molar-refractivity contribution is -0.139. The van der Waals surface area contributed by atoms with Gasteiger partial charge in [0, 0.05) is 0 Å². The Bertz CT molecular complexity index is 447. The molecule has 0 aliphatic carbocycles. The maximum atomic E-state index is 11.9. The highest BCUT2D eigenvalue weighted by molar-refractivity contribution is 7.98. The lowest BCUT2D eigenvalue weighted by atomic mass is 10.2. The Balaban J connectivity index is 2.72. The van der Waals surface area contributed by atoms with Crippen molar-refractivity contribution in [3.63, 3.8) is 0 Å². The predicted molar refractivity (Wildman–Crippen MR) is 76.0 cm³/mol. The summed E-state index contributed by atoms with van der Waals surface area (Å²) >= 11 is 8.73. The molecule has 1 aromatic rings. The highest BCUT2D eigenvalue weighted by atomic mass is 35.5. The van der Waals surface area contributed by atoms with Crippen molar-refractivity contribution in [1.82, 2.24) is 5.32 Å². The largest absolute Gasteiger partial charge is 0.480 e. The molecule has 1 heterocycles. The van der Waals surface area contributed by atoms with E-state index in [1.165, 1.54) is 23.1 Å². The van der Waals surface area contributed by atoms with E-state index in [9.17, 15) is 9.59 Å². The Hall–Kier alpha value is -0.720. The Kier molecular flexibility index (Phi) is 5.98. The number of thiophene rings is 1. The van der Waals surface area contributed by atoms with E-state index < -0.39 is 17.9 Å². The molecule has 7 heteroatoms. The number of carboxylic acid groups (broad SMARTS) is 1. The maximum absolute atomic E-state index is 11.9. The van der Waals surface area contributed by atoms with Gasteiger partial charge in [-0.05, 0) is 36.3 Å². The van der Waals surface area contributed by atoms with Crippen LogP contribution in [-0.4, -0.2) is 35.0 Å². The molecule has 18 heavy (non-hydrogen) atoms. The number of halogens is 1. The van der Waals surface area contributed by atoms with E-state index in [4.69, 9.17) is 16.7 Å². The summed E-state index contributed by atoms with van der Waals surface area (Å²) in [5, 5.41) is 13.7. The fourth-order valence-corrected chi connectivity index (χ4v) is 2.95. The zero-order valence-corrected chi connectivity index (χ0v) is 12.4. The zero-order valence-electron chi connectivity index (χ0n) is 10.0. The minimum absolute atomic E-state index is 0.365. The number of aliphatic carboxylic acids is 1. The van der Waals surface area contributed by atoms with Crippen LogP contribution in [0.1, 0.15) is 21.7 Å². The average molecular weight is 308 g/mol. The van der Waals surface area contributed by atoms with Gasteiger partial charge >= 0.3 is 5.97 Å². The number of carbonyl (C=O) groups is 2. The van der Waals surface area contributed by atoms with Crippen molar-refractivity contribution in [2.75, 3.05) is 12.0 Å². The van der Waals surface area contributed by atoms with Crippen LogP contribution in [0.25, 0.3) is 0 Å². The molecule has 0 radical (unpaired) electrons. The summed E-state index contributed by atoms with van der Waals surface area (Å²) in [5.41, 5.74) is 0.822. The molecule has 100 valence electrons. The molecule has 0 saturated carbocycles. The van der Waals surface area contributed by atoms with E-state index in [0.717, 1.165) is 5.56 Å². The summed E-state index contributed by atoms with van der Waals surface area (Å²) in [6.45, 7) is 1.80. The van der Waals surface area contributed by atoms with Crippen LogP contribution in [0, 0.1) is 6.92 Å². The SMILES string of the molecule is CSCC[C@H](NC(=O)c1scc(C)c1Cl)C(=O)O. The molecule has 1 amide bonds. The monoisotopic (exact) mass is 307 g/mol. The second-order valence-electron chi connectivity index (χ2n) is 3.71. The molecule has 0 fully saturated rings. The summed E-state index contributed by atoms with van der Waals surface area (Å²) in [6.07, 6.45) is 2.28. The number of amides is 1. The Morgan fingerprint density at radius 2 is 2.28 bits per heavy atom. The molecule has 0 unspecified atom stereocenters. The van der Waals surface area contributed by atoms with E-state index in [2.05, 4.69) is 5.32 Å². The van der Waals surface area contributed by atoms with Gasteiger partial charge in [-0.3, -0.25) is 4.79 Å². The number of aryl methyl sites for hydroxylation is 1. The standard InChI is InChI=1S/C11H14ClNO3S2/c1-6-5-18-9(8(6)12)10(14)13-7(11(15)16)3-4-17-2/h5,7H,3-4H2,1-2H3,(H,13,14)(H,15,16)/t7-/m0/s1. The Labute approximate surface area is 119 Å². The number of carboxylic acids is 1. The van der Waals surface area contributed by atoms with E-state index >= 15 is 0 Å². The van der Waals surface area contributed by atoms with Crippen molar-refractivity contribution in [1.29, 1.82) is 0 Å². The summed E-state index contributed by atoms with van der Waals surface area (Å²) in [4.78, 5) is 23.3. The van der Waals surface area contributed by atoms with Crippen LogP contribution >= 0.6 is 34.7 Å². The molecule has 1 rings (SSSR count). The first-order valence-electron chi connectivity index (χ1n) is 5.23. The molecule has 1 atom stereocenters. The number of hydrogen-bond acceptors (Lipinski definition) is 4. The number of carbonyl (C=O) groups excluding carboxylic acids is 1. The first-order chi connectivity index (χ1) is 8.47. The van der Waals surface area contributed by atoms with Crippen molar-refractivity contribution in [2.24, 2.45) is 0 Å². The van der Waals surface area contributed by atoms with Gasteiger partial charge in [0.1, 0.15) is 10.9 Å². The van der Waals surface area contributed by atoms with Gasteiger partial charge in [-0.1, -0.05) is 11.6 Å². The van der Waals surface area contributed by atoms with Crippen molar-refractivity contribution < 1.29 is 14.7 Å². The van der Waals surface area contributed by atoms with Gasteiger partial charge in [0.15, 0.2) is 0 Å². The smallest absolute Gasteiger partial charge is 0.326 e. The second kappa shape index (κ2) is 7.01. The third-order valence-corrected chi connectivity index (χ3v) is 4.66. The topological polar surface area (TPSA) is 66.4 Å². The van der Waals surface area contributed by atoms with Gasteiger partial charge < -0.3 is 10.4 Å². The molecule has 0 saturated heterocycles. The minimum atomic E-state index is -1.03. The molecule has 0 bridgehead atoms. The van der Waals surface area contributed by atoms with Crippen LogP contribution in [0.4, 0.5) is 0 Å². The van der Waals surface area contributed by atoms with Gasteiger partial charge in [-0.25, -0.2) is 4.79 Å². The highest BCUT2D eigenvalue weighted by Crippen LogP contribution is 2.27. The first-order valence-corrected chi connectivity index (χ1v) is 7.88. The Morgan fingerprint density at radius 3 is 2.72 bits per heavy atom. The van der Waals surface area contributed by atoms with Gasteiger partial charge in [0.25, 0.3) is 5.91 Å². The summed E-state index contributed by atoms with van der Waals surface area (Å²) in [7, 11) is 0. The molecular weight excluding hydrogens is 294 g/mol. The van der Waals surface area contributed by atoms with Gasteiger partial charge in [0.2, 0.25) is 0 Å². The third-order valence-electron chi connectivity index (χ3n) is 2.32. The maximum Gasteiger partial charge on any atom is 0.326 e. The number of thioether (sulfide) groups is 1. The molecule has 0 aliphatic heterocycles. The van der Waals surface area contributed by atoms with E-state index in [1.54, 1.807) is 12.3 Å². The van der Waals surface area contributed by atoms with Crippen molar-refractivity contribution >= 4 is 46.6 Å². The lowest BCUT2D eigenvalue weighted by Crippen LogP contribution is -2.41. The lowest BCUT2D eigenvalue weighted by Gasteiger charge is -2.13. The fourth-order valence-electron chi connectivity index (χ4n) is 1.30. The fraction of sp³-hybridized carbons (Fsp3) is 0.455. The van der Waals surface area contributed by atoms with Gasteiger partial charge in [-0.15, -0.1) is 11.3 Å². The second-order valence-corrected chi connectivity index (χ2v) is 5.95. The van der Waals surface area contributed by atoms with Crippen molar-refractivity contribution in [3.8, 4) is 0 Å². The predicted octanol–water partition coefficient (Wildman–Crippen LogP) is 2.65. The number of hydrogen-bond donors (Lipinski definition) is 2. The van der Waals surface area contributed by atoms with Gasteiger partial charge in [0.05, 0.1) is 5.02 Å². The van der Waals surface area contributed by atoms with E-state index in [1.807, 2.05) is 6.26 Å². The van der Waals surface area contributed by atoms with Crippen LogP contribution in [0.15, 0.2) is 5.38 Å². The summed E-state index contributed by atoms with van der Waals surface area (Å²) in [5.74, 6) is -0.776. The summed E-state index contributed by atoms with van der Waals surface area (Å²) in [6, 6.07) is -0.872. The van der Waals surface area contributed by atoms with Crippen molar-refractivity contribution in [3.05, 3.63) is 20.8 Å². The van der Waals surface area contributed by atoms with Gasteiger partial charge in [-0.2, -0.15) is 11.8 Å². The molecule has 0 spiro atoms. The average Bonchev–Trinajstić information content (AvgIpc) is 2.65. The molecule has 0 aromatic carbocycles. The first kappa shape index (κ1) is 15.3. The highest BCUT2D eigenvalue weighted by Gasteiger charge is 2.22. The normalized spacial score (nSPS) is 12.2. The van der Waals surface area contributed by atoms with Crippen molar-refractivity contribution in [2.45, 2.75) is 19.4 Å². The van der Waals surface area contributed by atoms with Crippen LogP contribution in [-0.2, 0) is 4.79 Å². The molecular formula is C11H14ClNO3S2. The van der Waals surface area contributed by atoms with E-state index in [0.29, 0.717) is 22.1 Å². The Morgan fingerprint density at radius 1 is 1.61 bits per heavy atom. The van der Waals surface area contributed by atoms with E-state index in [-0.39, 0.29) is 0 Å². The molecule has 0 aliphatic rings. The quantitative estimate of drug-likeness (QED) is 0.848. The minimum Gasteiger partial charge on any atom is -0.480 e. The summed E-state index contributed by atoms with van der Waals surface area (Å²) < 4.78 is 0.